The highest BCUT2D eigenvalue weighted by atomic mass is 35.5. The third kappa shape index (κ3) is 3.13. The van der Waals surface area contributed by atoms with Crippen molar-refractivity contribution in [1.82, 2.24) is 10.4 Å². The summed E-state index contributed by atoms with van der Waals surface area (Å²) in [4.78, 5) is 12.5. The van der Waals surface area contributed by atoms with Crippen molar-refractivity contribution in [2.45, 2.75) is 11.9 Å². The number of carbonyl (C=O) groups excluding carboxylic acids is 1. The van der Waals surface area contributed by atoms with Crippen LogP contribution >= 0.6 is 11.6 Å². The van der Waals surface area contributed by atoms with Gasteiger partial charge in [-0.2, -0.15) is 13.2 Å². The lowest BCUT2D eigenvalue weighted by molar-refractivity contribution is -0.283. The van der Waals surface area contributed by atoms with Gasteiger partial charge in [0.1, 0.15) is 5.82 Å². The van der Waals surface area contributed by atoms with Gasteiger partial charge < -0.3 is 5.11 Å². The molecule has 1 heterocycles. The van der Waals surface area contributed by atoms with Gasteiger partial charge in [0.2, 0.25) is 0 Å². The van der Waals surface area contributed by atoms with Crippen LogP contribution in [0.3, 0.4) is 0 Å². The number of nitrogens with one attached hydrogen (secondary N) is 1. The zero-order valence-electron chi connectivity index (χ0n) is 12.9. The Labute approximate surface area is 150 Å². The van der Waals surface area contributed by atoms with E-state index in [1.54, 1.807) is 0 Å². The van der Waals surface area contributed by atoms with E-state index in [-0.39, 0.29) is 26.9 Å². The molecule has 1 atom stereocenters. The minimum Gasteiger partial charge on any atom is -0.359 e. The quantitative estimate of drug-likeness (QED) is 0.773. The molecule has 4 nitrogen and oxygen atoms in total. The number of amides is 1. The minimum atomic E-state index is -5.18. The molecule has 0 radical (unpaired) electrons. The summed E-state index contributed by atoms with van der Waals surface area (Å²) < 4.78 is 53.5. The second kappa shape index (κ2) is 6.30. The SMILES string of the molecule is O=C(c1cccc(Cl)c1)N1NC(c2ccc(F)cc2)=C[C@@]1(O)C(F)(F)F. The monoisotopic (exact) mass is 386 g/mol. The normalized spacial score (nSPS) is 19.9. The van der Waals surface area contributed by atoms with Gasteiger partial charge in [-0.05, 0) is 48.0 Å². The maximum Gasteiger partial charge on any atom is 0.442 e. The smallest absolute Gasteiger partial charge is 0.359 e. The van der Waals surface area contributed by atoms with Crippen LogP contribution in [0.5, 0.6) is 0 Å². The van der Waals surface area contributed by atoms with Crippen molar-refractivity contribution in [3.8, 4) is 0 Å². The molecule has 0 spiro atoms. The molecule has 136 valence electrons. The van der Waals surface area contributed by atoms with Crippen molar-refractivity contribution in [2.75, 3.05) is 0 Å². The molecule has 26 heavy (non-hydrogen) atoms. The molecule has 0 aromatic heterocycles. The van der Waals surface area contributed by atoms with Crippen LogP contribution < -0.4 is 5.43 Å². The molecular formula is C17H11ClF4N2O2. The Bertz CT molecular complexity index is 883. The average Bonchev–Trinajstić information content (AvgIpc) is 2.94. The van der Waals surface area contributed by atoms with Crippen LogP contribution in [0, 0.1) is 5.82 Å². The van der Waals surface area contributed by atoms with Crippen molar-refractivity contribution in [3.63, 3.8) is 0 Å². The van der Waals surface area contributed by atoms with Crippen LogP contribution in [-0.2, 0) is 0 Å². The number of carbonyl (C=O) groups is 1. The van der Waals surface area contributed by atoms with E-state index in [2.05, 4.69) is 5.43 Å². The van der Waals surface area contributed by atoms with Crippen LogP contribution in [-0.4, -0.2) is 27.9 Å². The minimum absolute atomic E-state index is 0.0668. The average molecular weight is 387 g/mol. The Hall–Kier alpha value is -2.58. The van der Waals surface area contributed by atoms with E-state index in [0.717, 1.165) is 12.1 Å². The molecule has 0 aliphatic carbocycles. The fraction of sp³-hybridized carbons (Fsp3) is 0.118. The number of nitrogens with zero attached hydrogens (tertiary/aromatic N) is 1. The molecule has 3 rings (SSSR count). The lowest BCUT2D eigenvalue weighted by Crippen LogP contribution is -2.60. The van der Waals surface area contributed by atoms with Crippen molar-refractivity contribution in [3.05, 3.63) is 76.6 Å². The zero-order valence-corrected chi connectivity index (χ0v) is 13.6. The van der Waals surface area contributed by atoms with E-state index in [1.807, 2.05) is 0 Å². The number of alkyl halides is 3. The molecule has 0 unspecified atom stereocenters. The van der Waals surface area contributed by atoms with Crippen LogP contribution in [0.15, 0.2) is 54.6 Å². The van der Waals surface area contributed by atoms with E-state index in [1.165, 1.54) is 36.4 Å². The van der Waals surface area contributed by atoms with E-state index in [0.29, 0.717) is 6.08 Å². The van der Waals surface area contributed by atoms with E-state index in [4.69, 9.17) is 11.6 Å². The van der Waals surface area contributed by atoms with Gasteiger partial charge in [-0.25, -0.2) is 9.40 Å². The molecule has 1 aliphatic heterocycles. The third-order valence-electron chi connectivity index (χ3n) is 3.77. The highest BCUT2D eigenvalue weighted by Gasteiger charge is 2.61. The van der Waals surface area contributed by atoms with E-state index < -0.39 is 23.6 Å². The first-order chi connectivity index (χ1) is 12.1. The van der Waals surface area contributed by atoms with Crippen molar-refractivity contribution >= 4 is 23.2 Å². The molecule has 0 fully saturated rings. The molecule has 2 aromatic rings. The number of benzene rings is 2. The number of aliphatic hydroxyl groups is 1. The molecule has 9 heteroatoms. The largest absolute Gasteiger partial charge is 0.442 e. The molecule has 0 saturated carbocycles. The Balaban J connectivity index is 2.02. The number of rotatable bonds is 2. The predicted octanol–water partition coefficient (Wildman–Crippen LogP) is 3.73. The lowest BCUT2D eigenvalue weighted by atomic mass is 10.1. The van der Waals surface area contributed by atoms with Gasteiger partial charge in [0.25, 0.3) is 11.6 Å². The van der Waals surface area contributed by atoms with Crippen molar-refractivity contribution < 1.29 is 27.5 Å². The third-order valence-corrected chi connectivity index (χ3v) is 4.00. The van der Waals surface area contributed by atoms with Crippen LogP contribution in [0.1, 0.15) is 15.9 Å². The molecular weight excluding hydrogens is 376 g/mol. The van der Waals surface area contributed by atoms with Crippen LogP contribution in [0.2, 0.25) is 5.02 Å². The summed E-state index contributed by atoms with van der Waals surface area (Å²) in [5.41, 5.74) is -1.52. The zero-order chi connectivity index (χ0) is 19.1. The molecule has 1 amide bonds. The Morgan fingerprint density at radius 1 is 1.15 bits per heavy atom. The van der Waals surface area contributed by atoms with E-state index >= 15 is 0 Å². The highest BCUT2D eigenvalue weighted by Crippen LogP contribution is 2.40. The van der Waals surface area contributed by atoms with Gasteiger partial charge in [0.15, 0.2) is 0 Å². The first-order valence-corrected chi connectivity index (χ1v) is 7.64. The second-order valence-electron chi connectivity index (χ2n) is 5.55. The maximum absolute atomic E-state index is 13.5. The summed E-state index contributed by atoms with van der Waals surface area (Å²) in [5.74, 6) is -1.72. The molecule has 2 N–H and O–H groups in total. The number of hydrazine groups is 1. The first-order valence-electron chi connectivity index (χ1n) is 7.26. The second-order valence-corrected chi connectivity index (χ2v) is 5.99. The van der Waals surface area contributed by atoms with Crippen LogP contribution in [0.4, 0.5) is 17.6 Å². The summed E-state index contributed by atoms with van der Waals surface area (Å²) in [7, 11) is 0. The van der Waals surface area contributed by atoms with Crippen LogP contribution in [0.25, 0.3) is 5.70 Å². The van der Waals surface area contributed by atoms with Crippen molar-refractivity contribution in [2.24, 2.45) is 0 Å². The fourth-order valence-corrected chi connectivity index (χ4v) is 2.64. The first kappa shape index (κ1) is 18.2. The lowest BCUT2D eigenvalue weighted by Gasteiger charge is -2.33. The molecule has 0 saturated heterocycles. The standard InChI is InChI=1S/C17H11ClF4N2O2/c18-12-3-1-2-11(8-12)15(25)24-16(26,17(20,21)22)9-14(23-24)10-4-6-13(19)7-5-10/h1-9,23,26H/t16-/m1/s1. The van der Waals surface area contributed by atoms with Gasteiger partial charge in [-0.1, -0.05) is 17.7 Å². The van der Waals surface area contributed by atoms with E-state index in [9.17, 15) is 27.5 Å². The maximum atomic E-state index is 13.5. The van der Waals surface area contributed by atoms with Gasteiger partial charge in [-0.3, -0.25) is 10.2 Å². The number of hydrogen-bond donors (Lipinski definition) is 2. The van der Waals surface area contributed by atoms with Gasteiger partial charge in [0.05, 0.1) is 5.70 Å². The van der Waals surface area contributed by atoms with Gasteiger partial charge in [0, 0.05) is 16.7 Å². The highest BCUT2D eigenvalue weighted by molar-refractivity contribution is 6.31. The summed E-state index contributed by atoms with van der Waals surface area (Å²) >= 11 is 5.77. The Morgan fingerprint density at radius 2 is 1.81 bits per heavy atom. The molecule has 1 aliphatic rings. The fourth-order valence-electron chi connectivity index (χ4n) is 2.45. The summed E-state index contributed by atoms with van der Waals surface area (Å²) in [6.45, 7) is 0. The summed E-state index contributed by atoms with van der Waals surface area (Å²) in [6.07, 6.45) is -4.72. The number of halogens is 5. The Morgan fingerprint density at radius 3 is 2.38 bits per heavy atom. The van der Waals surface area contributed by atoms with Gasteiger partial charge in [-0.15, -0.1) is 0 Å². The van der Waals surface area contributed by atoms with Crippen molar-refractivity contribution in [1.29, 1.82) is 0 Å². The summed E-state index contributed by atoms with van der Waals surface area (Å²) in [5, 5.41) is 10.4. The number of hydrogen-bond acceptors (Lipinski definition) is 3. The summed E-state index contributed by atoms with van der Waals surface area (Å²) in [6, 6.07) is 9.83. The molecule has 2 aromatic carbocycles. The Kier molecular flexibility index (Phi) is 4.41. The molecule has 0 bridgehead atoms. The topological polar surface area (TPSA) is 52.6 Å². The van der Waals surface area contributed by atoms with Gasteiger partial charge >= 0.3 is 6.18 Å². The predicted molar refractivity (Wildman–Crippen MR) is 86.1 cm³/mol.